The van der Waals surface area contributed by atoms with Gasteiger partial charge >= 0.3 is 0 Å². The van der Waals surface area contributed by atoms with E-state index in [0.717, 1.165) is 17.6 Å². The van der Waals surface area contributed by atoms with Crippen molar-refractivity contribution in [3.63, 3.8) is 0 Å². The van der Waals surface area contributed by atoms with Crippen LogP contribution in [0.5, 0.6) is 0 Å². The third-order valence-electron chi connectivity index (χ3n) is 3.67. The molecule has 0 saturated heterocycles. The third kappa shape index (κ3) is 2.01. The zero-order valence-corrected chi connectivity index (χ0v) is 9.95. The van der Waals surface area contributed by atoms with Crippen LogP contribution in [-0.4, -0.2) is 12.6 Å². The first kappa shape index (κ1) is 10.0. The van der Waals surface area contributed by atoms with Gasteiger partial charge in [-0.1, -0.05) is 0 Å². The molecule has 2 heteroatoms. The highest BCUT2D eigenvalue weighted by Crippen LogP contribution is 2.38. The molecule has 2 saturated carbocycles. The Labute approximate surface area is 97.4 Å². The van der Waals surface area contributed by atoms with Crippen LogP contribution < -0.4 is 10.6 Å². The van der Waals surface area contributed by atoms with Gasteiger partial charge in [-0.05, 0) is 62.3 Å². The lowest BCUT2D eigenvalue weighted by molar-refractivity contribution is 0.717. The largest absolute Gasteiger partial charge is 0.399 e. The summed E-state index contributed by atoms with van der Waals surface area (Å²) in [7, 11) is 0. The van der Waals surface area contributed by atoms with Gasteiger partial charge in [0.2, 0.25) is 0 Å². The number of aryl methyl sites for hydroxylation is 1. The van der Waals surface area contributed by atoms with Gasteiger partial charge in [-0.3, -0.25) is 0 Å². The van der Waals surface area contributed by atoms with E-state index in [0.29, 0.717) is 0 Å². The lowest BCUT2D eigenvalue weighted by Crippen LogP contribution is -2.28. The summed E-state index contributed by atoms with van der Waals surface area (Å²) in [5.74, 6) is 0.956. The first-order valence-corrected chi connectivity index (χ1v) is 6.37. The van der Waals surface area contributed by atoms with Crippen LogP contribution in [-0.2, 0) is 0 Å². The first-order valence-electron chi connectivity index (χ1n) is 6.37. The molecule has 0 aromatic heterocycles. The lowest BCUT2D eigenvalue weighted by atomic mass is 10.1. The van der Waals surface area contributed by atoms with Crippen LogP contribution in [0, 0.1) is 12.8 Å². The first-order chi connectivity index (χ1) is 7.74. The molecule has 0 atom stereocenters. The fourth-order valence-corrected chi connectivity index (χ4v) is 2.41. The van der Waals surface area contributed by atoms with Crippen LogP contribution in [0.15, 0.2) is 18.2 Å². The van der Waals surface area contributed by atoms with Crippen LogP contribution in [0.1, 0.15) is 31.2 Å². The summed E-state index contributed by atoms with van der Waals surface area (Å²) in [6, 6.07) is 7.14. The van der Waals surface area contributed by atoms with Crippen molar-refractivity contribution in [2.45, 2.75) is 38.6 Å². The lowest BCUT2D eigenvalue weighted by Gasteiger charge is -2.26. The monoisotopic (exact) mass is 216 g/mol. The number of hydrogen-bond acceptors (Lipinski definition) is 2. The quantitative estimate of drug-likeness (QED) is 0.784. The molecule has 2 N–H and O–H groups in total. The third-order valence-corrected chi connectivity index (χ3v) is 3.67. The summed E-state index contributed by atoms with van der Waals surface area (Å²) in [5, 5.41) is 0. The van der Waals surface area contributed by atoms with E-state index >= 15 is 0 Å². The van der Waals surface area contributed by atoms with Gasteiger partial charge < -0.3 is 10.6 Å². The Bertz CT molecular complexity index is 392. The minimum Gasteiger partial charge on any atom is -0.399 e. The molecule has 86 valence electrons. The Hall–Kier alpha value is -1.18. The maximum absolute atomic E-state index is 5.81. The van der Waals surface area contributed by atoms with E-state index in [2.05, 4.69) is 24.0 Å². The van der Waals surface area contributed by atoms with Crippen molar-refractivity contribution in [3.8, 4) is 0 Å². The highest BCUT2D eigenvalue weighted by atomic mass is 15.2. The maximum Gasteiger partial charge on any atom is 0.0400 e. The van der Waals surface area contributed by atoms with Crippen LogP contribution in [0.4, 0.5) is 11.4 Å². The van der Waals surface area contributed by atoms with E-state index in [1.165, 1.54) is 43.5 Å². The van der Waals surface area contributed by atoms with Crippen molar-refractivity contribution >= 4 is 11.4 Å². The number of hydrogen-bond donors (Lipinski definition) is 1. The van der Waals surface area contributed by atoms with Gasteiger partial charge in [-0.25, -0.2) is 0 Å². The Morgan fingerprint density at radius 3 is 2.56 bits per heavy atom. The van der Waals surface area contributed by atoms with Crippen molar-refractivity contribution in [1.29, 1.82) is 0 Å². The minimum absolute atomic E-state index is 0.808. The fourth-order valence-electron chi connectivity index (χ4n) is 2.41. The van der Waals surface area contributed by atoms with Gasteiger partial charge in [0.15, 0.2) is 0 Å². The summed E-state index contributed by atoms with van der Waals surface area (Å²) in [6.45, 7) is 3.43. The molecule has 16 heavy (non-hydrogen) atoms. The topological polar surface area (TPSA) is 29.3 Å². The summed E-state index contributed by atoms with van der Waals surface area (Å²) in [5.41, 5.74) is 9.43. The predicted octanol–water partition coefficient (Wildman–Crippen LogP) is 2.96. The Morgan fingerprint density at radius 1 is 1.25 bits per heavy atom. The van der Waals surface area contributed by atoms with Crippen molar-refractivity contribution in [2.24, 2.45) is 5.92 Å². The normalized spacial score (nSPS) is 19.8. The number of anilines is 2. The predicted molar refractivity (Wildman–Crippen MR) is 68.7 cm³/mol. The van der Waals surface area contributed by atoms with Gasteiger partial charge in [-0.15, -0.1) is 0 Å². The van der Waals surface area contributed by atoms with Gasteiger partial charge in [0.25, 0.3) is 0 Å². The minimum atomic E-state index is 0.808. The fraction of sp³-hybridized carbons (Fsp3) is 0.571. The number of benzene rings is 1. The molecular weight excluding hydrogens is 196 g/mol. The molecule has 0 aliphatic heterocycles. The molecule has 3 rings (SSSR count). The van der Waals surface area contributed by atoms with Gasteiger partial charge in [0.05, 0.1) is 0 Å². The van der Waals surface area contributed by atoms with E-state index in [1.807, 2.05) is 6.07 Å². The van der Waals surface area contributed by atoms with E-state index < -0.39 is 0 Å². The maximum atomic E-state index is 5.81. The standard InChI is InChI=1S/C14H20N2/c1-10-8-12(15)4-7-14(10)16(13-5-6-13)9-11-2-3-11/h4,7-8,11,13H,2-3,5-6,9,15H2,1H3. The number of nitrogen functional groups attached to an aromatic ring is 1. The molecule has 2 aliphatic rings. The van der Waals surface area contributed by atoms with Crippen molar-refractivity contribution in [3.05, 3.63) is 23.8 Å². The highest BCUT2D eigenvalue weighted by molar-refractivity contribution is 5.60. The average molecular weight is 216 g/mol. The molecule has 0 spiro atoms. The summed E-state index contributed by atoms with van der Waals surface area (Å²) in [4.78, 5) is 2.62. The molecule has 0 heterocycles. The Kier molecular flexibility index (Phi) is 2.31. The molecule has 2 nitrogen and oxygen atoms in total. The van der Waals surface area contributed by atoms with Crippen molar-refractivity contribution in [2.75, 3.05) is 17.2 Å². The van der Waals surface area contributed by atoms with Crippen LogP contribution in [0.2, 0.25) is 0 Å². The molecule has 1 aromatic rings. The second kappa shape index (κ2) is 3.69. The Morgan fingerprint density at radius 2 is 2.00 bits per heavy atom. The SMILES string of the molecule is Cc1cc(N)ccc1N(CC1CC1)C1CC1. The second-order valence-corrected chi connectivity index (χ2v) is 5.37. The zero-order valence-electron chi connectivity index (χ0n) is 9.95. The summed E-state index contributed by atoms with van der Waals surface area (Å²) >= 11 is 0. The Balaban J connectivity index is 1.85. The van der Waals surface area contributed by atoms with E-state index in [1.54, 1.807) is 0 Å². The average Bonchev–Trinajstić information content (AvgIpc) is 3.11. The molecule has 0 radical (unpaired) electrons. The summed E-state index contributed by atoms with van der Waals surface area (Å²) < 4.78 is 0. The second-order valence-electron chi connectivity index (χ2n) is 5.37. The molecule has 2 fully saturated rings. The van der Waals surface area contributed by atoms with Gasteiger partial charge in [-0.2, -0.15) is 0 Å². The molecule has 1 aromatic carbocycles. The van der Waals surface area contributed by atoms with Gasteiger partial charge in [0, 0.05) is 24.0 Å². The molecular formula is C14H20N2. The summed E-state index contributed by atoms with van der Waals surface area (Å²) in [6.07, 6.45) is 5.60. The van der Waals surface area contributed by atoms with E-state index in [9.17, 15) is 0 Å². The van der Waals surface area contributed by atoms with Crippen molar-refractivity contribution < 1.29 is 0 Å². The van der Waals surface area contributed by atoms with Crippen LogP contribution >= 0.6 is 0 Å². The van der Waals surface area contributed by atoms with Crippen molar-refractivity contribution in [1.82, 2.24) is 0 Å². The zero-order chi connectivity index (χ0) is 11.1. The van der Waals surface area contributed by atoms with Crippen LogP contribution in [0.3, 0.4) is 0 Å². The van der Waals surface area contributed by atoms with E-state index in [-0.39, 0.29) is 0 Å². The molecule has 0 amide bonds. The number of nitrogens with zero attached hydrogens (tertiary/aromatic N) is 1. The molecule has 0 bridgehead atoms. The highest BCUT2D eigenvalue weighted by Gasteiger charge is 2.34. The number of nitrogens with two attached hydrogens (primary N) is 1. The molecule has 2 aliphatic carbocycles. The van der Waals surface area contributed by atoms with Crippen LogP contribution in [0.25, 0.3) is 0 Å². The number of rotatable bonds is 4. The smallest absolute Gasteiger partial charge is 0.0400 e. The molecule has 0 unspecified atom stereocenters. The van der Waals surface area contributed by atoms with E-state index in [4.69, 9.17) is 5.73 Å². The van der Waals surface area contributed by atoms with Gasteiger partial charge in [0.1, 0.15) is 0 Å².